The summed E-state index contributed by atoms with van der Waals surface area (Å²) >= 11 is 0. The van der Waals surface area contributed by atoms with Gasteiger partial charge in [-0.25, -0.2) is 4.98 Å². The van der Waals surface area contributed by atoms with Crippen LogP contribution >= 0.6 is 0 Å². The van der Waals surface area contributed by atoms with E-state index < -0.39 is 0 Å². The van der Waals surface area contributed by atoms with Crippen LogP contribution in [0.4, 0.5) is 6.01 Å². The van der Waals surface area contributed by atoms with Crippen molar-refractivity contribution in [2.75, 3.05) is 12.8 Å². The smallest absolute Gasteiger partial charge is 0.292 e. The third-order valence-electron chi connectivity index (χ3n) is 2.22. The first-order valence-corrected chi connectivity index (χ1v) is 4.57. The van der Waals surface area contributed by atoms with Crippen LogP contribution in [0.5, 0.6) is 5.75 Å². The van der Waals surface area contributed by atoms with Gasteiger partial charge in [-0.05, 0) is 18.6 Å². The van der Waals surface area contributed by atoms with Crippen LogP contribution in [0.2, 0.25) is 0 Å². The molecule has 0 radical (unpaired) electrons. The number of oxazole rings is 1. The molecule has 0 saturated carbocycles. The molecule has 0 atom stereocenters. The van der Waals surface area contributed by atoms with Gasteiger partial charge in [0.2, 0.25) is 0 Å². The highest BCUT2D eigenvalue weighted by Gasteiger charge is 2.12. The van der Waals surface area contributed by atoms with E-state index in [1.807, 2.05) is 25.1 Å². The molecule has 0 amide bonds. The van der Waals surface area contributed by atoms with Gasteiger partial charge in [-0.2, -0.15) is 0 Å². The summed E-state index contributed by atoms with van der Waals surface area (Å²) in [5.74, 6) is 1.38. The quantitative estimate of drug-likeness (QED) is 0.814. The Labute approximate surface area is 87.7 Å². The average Bonchev–Trinajstić information content (AvgIpc) is 2.64. The first kappa shape index (κ1) is 9.58. The molecule has 4 nitrogen and oxygen atoms in total. The number of benzene rings is 1. The summed E-state index contributed by atoms with van der Waals surface area (Å²) in [7, 11) is 1.62. The number of nitrogen functional groups attached to an aromatic ring is 1. The first-order chi connectivity index (χ1) is 7.22. The average molecular weight is 204 g/mol. The van der Waals surface area contributed by atoms with Crippen molar-refractivity contribution in [2.24, 2.45) is 0 Å². The number of aryl methyl sites for hydroxylation is 1. The van der Waals surface area contributed by atoms with Crippen LogP contribution in [-0.2, 0) is 0 Å². The van der Waals surface area contributed by atoms with Gasteiger partial charge in [-0.1, -0.05) is 12.1 Å². The minimum absolute atomic E-state index is 0.162. The molecule has 1 heterocycles. The second-order valence-corrected chi connectivity index (χ2v) is 3.21. The molecular formula is C11H12N2O2. The Morgan fingerprint density at radius 1 is 1.40 bits per heavy atom. The lowest BCUT2D eigenvalue weighted by Gasteiger charge is -2.08. The van der Waals surface area contributed by atoms with Gasteiger partial charge >= 0.3 is 0 Å². The van der Waals surface area contributed by atoms with E-state index in [1.54, 1.807) is 13.3 Å². The minimum atomic E-state index is 0.162. The van der Waals surface area contributed by atoms with E-state index in [0.29, 0.717) is 5.76 Å². The number of nitrogens with zero attached hydrogens (tertiary/aromatic N) is 1. The summed E-state index contributed by atoms with van der Waals surface area (Å²) in [6.45, 7) is 1.98. The molecule has 2 N–H and O–H groups in total. The van der Waals surface area contributed by atoms with Gasteiger partial charge in [-0.15, -0.1) is 0 Å². The molecule has 0 saturated heterocycles. The summed E-state index contributed by atoms with van der Waals surface area (Å²) in [5, 5.41) is 0. The van der Waals surface area contributed by atoms with Crippen molar-refractivity contribution < 1.29 is 9.15 Å². The second-order valence-electron chi connectivity index (χ2n) is 3.21. The van der Waals surface area contributed by atoms with Gasteiger partial charge in [0.25, 0.3) is 6.01 Å². The van der Waals surface area contributed by atoms with E-state index >= 15 is 0 Å². The van der Waals surface area contributed by atoms with Crippen molar-refractivity contribution in [1.29, 1.82) is 0 Å². The Morgan fingerprint density at radius 3 is 2.80 bits per heavy atom. The summed E-state index contributed by atoms with van der Waals surface area (Å²) in [5.41, 5.74) is 7.39. The molecule has 0 aliphatic rings. The molecule has 0 aliphatic heterocycles. The van der Waals surface area contributed by atoms with Gasteiger partial charge in [0.1, 0.15) is 5.75 Å². The Balaban J connectivity index is 2.60. The number of aromatic nitrogens is 1. The predicted octanol–water partition coefficient (Wildman–Crippen LogP) is 2.24. The Kier molecular flexibility index (Phi) is 2.33. The van der Waals surface area contributed by atoms with Crippen LogP contribution < -0.4 is 10.5 Å². The molecule has 2 aromatic rings. The molecule has 4 heteroatoms. The number of hydrogen-bond acceptors (Lipinski definition) is 4. The number of nitrogens with two attached hydrogens (primary N) is 1. The maximum absolute atomic E-state index is 5.44. The second kappa shape index (κ2) is 3.65. The molecule has 1 aromatic heterocycles. The van der Waals surface area contributed by atoms with Crippen molar-refractivity contribution in [3.8, 4) is 17.1 Å². The number of ether oxygens (including phenoxy) is 1. The molecule has 0 fully saturated rings. The fourth-order valence-electron chi connectivity index (χ4n) is 1.53. The highest BCUT2D eigenvalue weighted by atomic mass is 16.5. The SMILES string of the molecule is COc1cccc(C)c1-c1cnc(N)o1. The summed E-state index contributed by atoms with van der Waals surface area (Å²) in [6.07, 6.45) is 1.60. The highest BCUT2D eigenvalue weighted by Crippen LogP contribution is 2.33. The van der Waals surface area contributed by atoms with Crippen molar-refractivity contribution in [1.82, 2.24) is 4.98 Å². The number of anilines is 1. The molecule has 0 spiro atoms. The minimum Gasteiger partial charge on any atom is -0.496 e. The lowest BCUT2D eigenvalue weighted by Crippen LogP contribution is -1.89. The van der Waals surface area contributed by atoms with Gasteiger partial charge in [0, 0.05) is 0 Å². The van der Waals surface area contributed by atoms with Crippen LogP contribution in [-0.4, -0.2) is 12.1 Å². The van der Waals surface area contributed by atoms with Crippen molar-refractivity contribution in [3.63, 3.8) is 0 Å². The maximum atomic E-state index is 5.44. The van der Waals surface area contributed by atoms with Crippen LogP contribution in [0.3, 0.4) is 0 Å². The van der Waals surface area contributed by atoms with Crippen LogP contribution in [0, 0.1) is 6.92 Å². The predicted molar refractivity (Wildman–Crippen MR) is 57.6 cm³/mol. The van der Waals surface area contributed by atoms with E-state index in [1.165, 1.54) is 0 Å². The van der Waals surface area contributed by atoms with Crippen LogP contribution in [0.15, 0.2) is 28.8 Å². The normalized spacial score (nSPS) is 10.3. The summed E-state index contributed by atoms with van der Waals surface area (Å²) in [4.78, 5) is 3.87. The van der Waals surface area contributed by atoms with Crippen molar-refractivity contribution >= 4 is 6.01 Å². The zero-order chi connectivity index (χ0) is 10.8. The molecule has 0 aliphatic carbocycles. The monoisotopic (exact) mass is 204 g/mol. The van der Waals surface area contributed by atoms with Crippen LogP contribution in [0.25, 0.3) is 11.3 Å². The van der Waals surface area contributed by atoms with Crippen molar-refractivity contribution in [2.45, 2.75) is 6.92 Å². The third-order valence-corrected chi connectivity index (χ3v) is 2.22. The van der Waals surface area contributed by atoms with Crippen LogP contribution in [0.1, 0.15) is 5.56 Å². The molecule has 78 valence electrons. The Morgan fingerprint density at radius 2 is 2.20 bits per heavy atom. The lowest BCUT2D eigenvalue weighted by molar-refractivity contribution is 0.414. The zero-order valence-electron chi connectivity index (χ0n) is 8.65. The zero-order valence-corrected chi connectivity index (χ0v) is 8.65. The molecular weight excluding hydrogens is 192 g/mol. The molecule has 0 bridgehead atoms. The van der Waals surface area contributed by atoms with E-state index in [9.17, 15) is 0 Å². The molecule has 0 unspecified atom stereocenters. The Hall–Kier alpha value is -1.97. The summed E-state index contributed by atoms with van der Waals surface area (Å²) in [6, 6.07) is 5.95. The first-order valence-electron chi connectivity index (χ1n) is 4.57. The standard InChI is InChI=1S/C11H12N2O2/c1-7-4-3-5-8(14-2)10(7)9-6-13-11(12)15-9/h3-6H,1-2H3,(H2,12,13). The molecule has 1 aromatic carbocycles. The van der Waals surface area contributed by atoms with Gasteiger partial charge < -0.3 is 14.9 Å². The van der Waals surface area contributed by atoms with Gasteiger partial charge in [-0.3, -0.25) is 0 Å². The van der Waals surface area contributed by atoms with E-state index in [2.05, 4.69) is 4.98 Å². The topological polar surface area (TPSA) is 61.3 Å². The summed E-state index contributed by atoms with van der Waals surface area (Å²) < 4.78 is 10.5. The van der Waals surface area contributed by atoms with E-state index in [4.69, 9.17) is 14.9 Å². The lowest BCUT2D eigenvalue weighted by atomic mass is 10.1. The van der Waals surface area contributed by atoms with E-state index in [0.717, 1.165) is 16.9 Å². The van der Waals surface area contributed by atoms with Gasteiger partial charge in [0.15, 0.2) is 5.76 Å². The van der Waals surface area contributed by atoms with E-state index in [-0.39, 0.29) is 6.01 Å². The highest BCUT2D eigenvalue weighted by molar-refractivity contribution is 5.69. The Bertz CT molecular complexity index is 477. The molecule has 2 rings (SSSR count). The third kappa shape index (κ3) is 1.66. The number of methoxy groups -OCH3 is 1. The number of rotatable bonds is 2. The van der Waals surface area contributed by atoms with Gasteiger partial charge in [0.05, 0.1) is 18.9 Å². The fraction of sp³-hybridized carbons (Fsp3) is 0.182. The molecule has 15 heavy (non-hydrogen) atoms. The van der Waals surface area contributed by atoms with Crippen molar-refractivity contribution in [3.05, 3.63) is 30.0 Å². The largest absolute Gasteiger partial charge is 0.496 e. The fourth-order valence-corrected chi connectivity index (χ4v) is 1.53. The number of hydrogen-bond donors (Lipinski definition) is 1. The maximum Gasteiger partial charge on any atom is 0.292 e.